The largest absolute Gasteiger partial charge is 0.490 e. The van der Waals surface area contributed by atoms with Gasteiger partial charge in [-0.25, -0.2) is 0 Å². The molecule has 138 valence electrons. The lowest BCUT2D eigenvalue weighted by Gasteiger charge is -2.24. The van der Waals surface area contributed by atoms with Crippen LogP contribution in [-0.4, -0.2) is 34.5 Å². The first-order chi connectivity index (χ1) is 11.7. The van der Waals surface area contributed by atoms with Crippen molar-refractivity contribution in [3.8, 4) is 11.5 Å². The molecule has 3 atom stereocenters. The van der Waals surface area contributed by atoms with Gasteiger partial charge in [-0.05, 0) is 26.8 Å². The Morgan fingerprint density at radius 2 is 1.92 bits per heavy atom. The van der Waals surface area contributed by atoms with Crippen LogP contribution in [0.15, 0.2) is 12.1 Å². The molecule has 7 nitrogen and oxygen atoms in total. The van der Waals surface area contributed by atoms with E-state index in [1.165, 1.54) is 6.07 Å². The Morgan fingerprint density at radius 1 is 1.36 bits per heavy atom. The fourth-order valence-electron chi connectivity index (χ4n) is 2.74. The fraction of sp³-hybridized carbons (Fsp3) is 0.562. The summed E-state index contributed by atoms with van der Waals surface area (Å²) in [6.07, 6.45) is 0.107. The summed E-state index contributed by atoms with van der Waals surface area (Å²) in [5.41, 5.74) is 0.166. The molecule has 1 aliphatic rings. The van der Waals surface area contributed by atoms with Crippen molar-refractivity contribution in [1.29, 1.82) is 0 Å². The van der Waals surface area contributed by atoms with Crippen molar-refractivity contribution in [2.45, 2.75) is 42.4 Å². The van der Waals surface area contributed by atoms with Gasteiger partial charge >= 0.3 is 5.97 Å². The number of nitro benzene ring substituents is 1. The normalized spacial score (nSPS) is 23.9. The molecule has 1 fully saturated rings. The summed E-state index contributed by atoms with van der Waals surface area (Å²) < 4.78 is 15.1. The first kappa shape index (κ1) is 20.0. The molecule has 0 amide bonds. The second-order valence-electron chi connectivity index (χ2n) is 5.63. The SMILES string of the molecule is CCOc1cc(C(Br)C2(Br)CC(C)OC2=O)c([N+](=O)[O-])cc1OCC. The quantitative estimate of drug-likeness (QED) is 0.250. The number of carbonyl (C=O) groups is 1. The number of halogens is 2. The fourth-order valence-corrected chi connectivity index (χ4v) is 4.28. The van der Waals surface area contributed by atoms with Crippen LogP contribution in [0.2, 0.25) is 0 Å². The van der Waals surface area contributed by atoms with Gasteiger partial charge < -0.3 is 14.2 Å². The van der Waals surface area contributed by atoms with Crippen molar-refractivity contribution < 1.29 is 23.9 Å². The van der Waals surface area contributed by atoms with Crippen molar-refractivity contribution in [2.75, 3.05) is 13.2 Å². The summed E-state index contributed by atoms with van der Waals surface area (Å²) in [7, 11) is 0. The van der Waals surface area contributed by atoms with Crippen molar-refractivity contribution >= 4 is 43.5 Å². The Kier molecular flexibility index (Phi) is 6.31. The van der Waals surface area contributed by atoms with Crippen molar-refractivity contribution in [2.24, 2.45) is 0 Å². The van der Waals surface area contributed by atoms with Crippen molar-refractivity contribution in [3.05, 3.63) is 27.8 Å². The molecule has 0 radical (unpaired) electrons. The average molecular weight is 481 g/mol. The molecule has 0 aliphatic carbocycles. The minimum Gasteiger partial charge on any atom is -0.490 e. The van der Waals surface area contributed by atoms with Crippen LogP contribution in [0.5, 0.6) is 11.5 Å². The molecule has 25 heavy (non-hydrogen) atoms. The van der Waals surface area contributed by atoms with Crippen LogP contribution in [0, 0.1) is 10.1 Å². The number of hydrogen-bond acceptors (Lipinski definition) is 6. The molecule has 2 rings (SSSR count). The Morgan fingerprint density at radius 3 is 2.36 bits per heavy atom. The van der Waals surface area contributed by atoms with Gasteiger partial charge in [0.2, 0.25) is 0 Å². The summed E-state index contributed by atoms with van der Waals surface area (Å²) in [6, 6.07) is 2.88. The van der Waals surface area contributed by atoms with E-state index in [1.807, 2.05) is 6.92 Å². The first-order valence-electron chi connectivity index (χ1n) is 7.86. The molecule has 0 spiro atoms. The monoisotopic (exact) mass is 479 g/mol. The van der Waals surface area contributed by atoms with Gasteiger partial charge in [-0.1, -0.05) is 31.9 Å². The lowest BCUT2D eigenvalue weighted by molar-refractivity contribution is -0.385. The number of hydrogen-bond donors (Lipinski definition) is 0. The molecule has 1 saturated heterocycles. The van der Waals surface area contributed by atoms with Crippen LogP contribution in [0.4, 0.5) is 5.69 Å². The van der Waals surface area contributed by atoms with E-state index >= 15 is 0 Å². The zero-order valence-corrected chi connectivity index (χ0v) is 17.3. The molecule has 1 aromatic carbocycles. The molecule has 0 saturated carbocycles. The molecule has 1 aliphatic heterocycles. The predicted octanol–water partition coefficient (Wildman–Crippen LogP) is 4.30. The molecule has 3 unspecified atom stereocenters. The molecule has 0 aromatic heterocycles. The molecule has 1 heterocycles. The van der Waals surface area contributed by atoms with Crippen LogP contribution in [0.1, 0.15) is 37.6 Å². The van der Waals surface area contributed by atoms with Gasteiger partial charge in [-0.15, -0.1) is 0 Å². The summed E-state index contributed by atoms with van der Waals surface area (Å²) in [4.78, 5) is 22.7. The molecular weight excluding hydrogens is 462 g/mol. The second-order valence-corrected chi connectivity index (χ2v) is 7.96. The zero-order valence-electron chi connectivity index (χ0n) is 14.1. The van der Waals surface area contributed by atoms with Gasteiger partial charge in [0.05, 0.1) is 29.0 Å². The molecule has 0 N–H and O–H groups in total. The zero-order chi connectivity index (χ0) is 18.8. The van der Waals surface area contributed by atoms with E-state index in [1.54, 1.807) is 19.9 Å². The summed E-state index contributed by atoms with van der Waals surface area (Å²) >= 11 is 6.89. The van der Waals surface area contributed by atoms with Crippen LogP contribution in [0.3, 0.4) is 0 Å². The van der Waals surface area contributed by atoms with Crippen molar-refractivity contribution in [3.63, 3.8) is 0 Å². The highest BCUT2D eigenvalue weighted by molar-refractivity contribution is 9.12. The maximum Gasteiger partial charge on any atom is 0.324 e. The second kappa shape index (κ2) is 7.90. The van der Waals surface area contributed by atoms with Crippen LogP contribution in [-0.2, 0) is 9.53 Å². The van der Waals surface area contributed by atoms with E-state index in [4.69, 9.17) is 14.2 Å². The van der Waals surface area contributed by atoms with Gasteiger partial charge in [0.25, 0.3) is 5.69 Å². The number of ether oxygens (including phenoxy) is 3. The number of benzene rings is 1. The van der Waals surface area contributed by atoms with E-state index < -0.39 is 20.0 Å². The lowest BCUT2D eigenvalue weighted by Crippen LogP contribution is -2.32. The van der Waals surface area contributed by atoms with E-state index in [0.29, 0.717) is 36.7 Å². The third-order valence-corrected chi connectivity index (χ3v) is 6.79. The van der Waals surface area contributed by atoms with E-state index in [9.17, 15) is 14.9 Å². The minimum absolute atomic E-state index is 0.153. The van der Waals surface area contributed by atoms with Crippen LogP contribution < -0.4 is 9.47 Å². The number of cyclic esters (lactones) is 1. The van der Waals surface area contributed by atoms with Crippen LogP contribution in [0.25, 0.3) is 0 Å². The molecule has 9 heteroatoms. The molecule has 1 aromatic rings. The lowest BCUT2D eigenvalue weighted by atomic mass is 9.94. The number of carbonyl (C=O) groups excluding carboxylic acids is 1. The van der Waals surface area contributed by atoms with Crippen molar-refractivity contribution in [1.82, 2.24) is 0 Å². The highest BCUT2D eigenvalue weighted by atomic mass is 79.9. The Hall–Kier alpha value is -1.35. The predicted molar refractivity (Wildman–Crippen MR) is 98.9 cm³/mol. The molecular formula is C16H19Br2NO6. The highest BCUT2D eigenvalue weighted by Gasteiger charge is 2.52. The van der Waals surface area contributed by atoms with E-state index in [2.05, 4.69) is 31.9 Å². The number of esters is 1. The number of alkyl halides is 2. The Labute approximate surface area is 162 Å². The van der Waals surface area contributed by atoms with Crippen LogP contribution >= 0.6 is 31.9 Å². The molecule has 0 bridgehead atoms. The Balaban J connectivity index is 2.56. The van der Waals surface area contributed by atoms with Gasteiger partial charge in [0.15, 0.2) is 11.5 Å². The number of nitrogens with zero attached hydrogens (tertiary/aromatic N) is 1. The van der Waals surface area contributed by atoms with Gasteiger partial charge in [-0.2, -0.15) is 0 Å². The van der Waals surface area contributed by atoms with E-state index in [0.717, 1.165) is 0 Å². The van der Waals surface area contributed by atoms with Gasteiger partial charge in [0.1, 0.15) is 10.4 Å². The van der Waals surface area contributed by atoms with Gasteiger partial charge in [-0.3, -0.25) is 14.9 Å². The summed E-state index contributed by atoms with van der Waals surface area (Å²) in [5, 5.41) is 11.6. The third kappa shape index (κ3) is 3.92. The van der Waals surface area contributed by atoms with E-state index in [-0.39, 0.29) is 11.8 Å². The summed E-state index contributed by atoms with van der Waals surface area (Å²) in [5.74, 6) is 0.235. The minimum atomic E-state index is -1.09. The maximum atomic E-state index is 12.3. The topological polar surface area (TPSA) is 87.9 Å². The smallest absolute Gasteiger partial charge is 0.324 e. The number of rotatable bonds is 7. The third-order valence-electron chi connectivity index (χ3n) is 3.80. The maximum absolute atomic E-state index is 12.3. The first-order valence-corrected chi connectivity index (χ1v) is 9.57. The average Bonchev–Trinajstić information content (AvgIpc) is 2.81. The van der Waals surface area contributed by atoms with Gasteiger partial charge in [0, 0.05) is 12.0 Å². The standard InChI is InChI=1S/C16H19Br2NO6/c1-4-23-12-6-10(11(19(21)22)7-13(12)24-5-2)14(17)16(18)8-9(3)25-15(16)20/h6-7,9,14H,4-5,8H2,1-3H3. The number of nitro groups is 1. The highest BCUT2D eigenvalue weighted by Crippen LogP contribution is 2.52. The Bertz CT molecular complexity index is 683. The summed E-state index contributed by atoms with van der Waals surface area (Å²) in [6.45, 7) is 6.10.